The molecule has 0 spiro atoms. The van der Waals surface area contributed by atoms with Gasteiger partial charge in [-0.05, 0) is 32.6 Å². The van der Waals surface area contributed by atoms with Crippen LogP contribution in [0.2, 0.25) is 0 Å². The van der Waals surface area contributed by atoms with Crippen LogP contribution in [0.4, 0.5) is 0 Å². The van der Waals surface area contributed by atoms with Crippen LogP contribution >= 0.6 is 0 Å². The first-order valence-corrected chi connectivity index (χ1v) is 4.93. The van der Waals surface area contributed by atoms with Gasteiger partial charge in [0, 0.05) is 18.7 Å². The van der Waals surface area contributed by atoms with E-state index in [1.165, 1.54) is 6.42 Å². The average molecular weight is 173 g/mol. The van der Waals surface area contributed by atoms with Crippen LogP contribution < -0.4 is 5.32 Å². The predicted octanol–water partition coefficient (Wildman–Crippen LogP) is 1.78. The molecule has 0 rings (SSSR count). The molecule has 12 heavy (non-hydrogen) atoms. The summed E-state index contributed by atoms with van der Waals surface area (Å²) < 4.78 is 0. The van der Waals surface area contributed by atoms with Crippen LogP contribution in [0.15, 0.2) is 0 Å². The SMILES string of the molecule is CC(C)CC(C)N[C@H](C)CCO. The van der Waals surface area contributed by atoms with E-state index in [1.807, 2.05) is 0 Å². The van der Waals surface area contributed by atoms with E-state index in [0.717, 1.165) is 12.3 Å². The highest BCUT2D eigenvalue weighted by Gasteiger charge is 2.07. The predicted molar refractivity (Wildman–Crippen MR) is 53.2 cm³/mol. The number of nitrogens with one attached hydrogen (secondary N) is 1. The second-order valence-corrected chi connectivity index (χ2v) is 4.11. The van der Waals surface area contributed by atoms with Crippen LogP contribution in [-0.2, 0) is 0 Å². The fourth-order valence-electron chi connectivity index (χ4n) is 1.54. The Bertz CT molecular complexity index is 104. The molecule has 74 valence electrons. The maximum Gasteiger partial charge on any atom is 0.0445 e. The van der Waals surface area contributed by atoms with Crippen LogP contribution in [0.5, 0.6) is 0 Å². The van der Waals surface area contributed by atoms with Crippen molar-refractivity contribution in [2.75, 3.05) is 6.61 Å². The quantitative estimate of drug-likeness (QED) is 0.641. The molecule has 0 saturated heterocycles. The number of aliphatic hydroxyl groups is 1. The van der Waals surface area contributed by atoms with Gasteiger partial charge in [-0.15, -0.1) is 0 Å². The Balaban J connectivity index is 3.46. The van der Waals surface area contributed by atoms with Crippen molar-refractivity contribution >= 4 is 0 Å². The molecule has 0 aromatic rings. The third-order valence-electron chi connectivity index (χ3n) is 1.96. The second-order valence-electron chi connectivity index (χ2n) is 4.11. The molecule has 0 aliphatic carbocycles. The maximum absolute atomic E-state index is 8.69. The van der Waals surface area contributed by atoms with Gasteiger partial charge in [0.05, 0.1) is 0 Å². The minimum atomic E-state index is 0.280. The van der Waals surface area contributed by atoms with Crippen molar-refractivity contribution in [3.8, 4) is 0 Å². The van der Waals surface area contributed by atoms with E-state index in [2.05, 4.69) is 33.0 Å². The summed E-state index contributed by atoms with van der Waals surface area (Å²) in [7, 11) is 0. The van der Waals surface area contributed by atoms with Crippen molar-refractivity contribution in [1.82, 2.24) is 5.32 Å². The summed E-state index contributed by atoms with van der Waals surface area (Å²) in [6.07, 6.45) is 2.05. The fraction of sp³-hybridized carbons (Fsp3) is 1.00. The minimum absolute atomic E-state index is 0.280. The Hall–Kier alpha value is -0.0800. The van der Waals surface area contributed by atoms with Crippen molar-refractivity contribution in [3.63, 3.8) is 0 Å². The van der Waals surface area contributed by atoms with Gasteiger partial charge < -0.3 is 10.4 Å². The Morgan fingerprint density at radius 1 is 1.08 bits per heavy atom. The number of rotatable bonds is 6. The van der Waals surface area contributed by atoms with Gasteiger partial charge in [0.15, 0.2) is 0 Å². The Kier molecular flexibility index (Phi) is 6.39. The first-order valence-electron chi connectivity index (χ1n) is 4.93. The molecule has 0 fully saturated rings. The van der Waals surface area contributed by atoms with Gasteiger partial charge in [-0.2, -0.15) is 0 Å². The summed E-state index contributed by atoms with van der Waals surface area (Å²) in [4.78, 5) is 0. The zero-order chi connectivity index (χ0) is 9.56. The minimum Gasteiger partial charge on any atom is -0.396 e. The molecule has 0 bridgehead atoms. The number of aliphatic hydroxyl groups excluding tert-OH is 1. The van der Waals surface area contributed by atoms with E-state index in [9.17, 15) is 0 Å². The van der Waals surface area contributed by atoms with Gasteiger partial charge in [-0.25, -0.2) is 0 Å². The summed E-state index contributed by atoms with van der Waals surface area (Å²) in [5.41, 5.74) is 0. The summed E-state index contributed by atoms with van der Waals surface area (Å²) in [6.45, 7) is 9.06. The largest absolute Gasteiger partial charge is 0.396 e. The monoisotopic (exact) mass is 173 g/mol. The van der Waals surface area contributed by atoms with Gasteiger partial charge in [-0.3, -0.25) is 0 Å². The zero-order valence-electron chi connectivity index (χ0n) is 8.80. The molecule has 2 heteroatoms. The molecule has 0 amide bonds. The van der Waals surface area contributed by atoms with Gasteiger partial charge in [0.25, 0.3) is 0 Å². The number of hydrogen-bond acceptors (Lipinski definition) is 2. The van der Waals surface area contributed by atoms with E-state index in [4.69, 9.17) is 5.11 Å². The molecule has 0 aliphatic heterocycles. The first-order chi connectivity index (χ1) is 5.56. The highest BCUT2D eigenvalue weighted by atomic mass is 16.3. The molecule has 2 N–H and O–H groups in total. The molecule has 1 unspecified atom stereocenters. The van der Waals surface area contributed by atoms with Gasteiger partial charge in [0.2, 0.25) is 0 Å². The summed E-state index contributed by atoms with van der Waals surface area (Å²) >= 11 is 0. The fourth-order valence-corrected chi connectivity index (χ4v) is 1.54. The highest BCUT2D eigenvalue weighted by molar-refractivity contribution is 4.68. The van der Waals surface area contributed by atoms with Crippen molar-refractivity contribution in [1.29, 1.82) is 0 Å². The van der Waals surface area contributed by atoms with E-state index in [-0.39, 0.29) is 6.61 Å². The molecule has 0 radical (unpaired) electrons. The van der Waals surface area contributed by atoms with Gasteiger partial charge >= 0.3 is 0 Å². The van der Waals surface area contributed by atoms with Gasteiger partial charge in [0.1, 0.15) is 0 Å². The van der Waals surface area contributed by atoms with Crippen molar-refractivity contribution < 1.29 is 5.11 Å². The summed E-state index contributed by atoms with van der Waals surface area (Å²) in [6, 6.07) is 0.996. The van der Waals surface area contributed by atoms with Crippen LogP contribution in [0.25, 0.3) is 0 Å². The van der Waals surface area contributed by atoms with Crippen LogP contribution in [-0.4, -0.2) is 23.8 Å². The van der Waals surface area contributed by atoms with E-state index >= 15 is 0 Å². The smallest absolute Gasteiger partial charge is 0.0445 e. The average Bonchev–Trinajstić information content (AvgIpc) is 1.84. The van der Waals surface area contributed by atoms with Gasteiger partial charge in [-0.1, -0.05) is 13.8 Å². The van der Waals surface area contributed by atoms with E-state index in [1.54, 1.807) is 0 Å². The standard InChI is InChI=1S/C10H23NO/c1-8(2)7-10(4)11-9(3)5-6-12/h8-12H,5-7H2,1-4H3/t9-,10?/m1/s1. The van der Waals surface area contributed by atoms with Crippen LogP contribution in [0.3, 0.4) is 0 Å². The highest BCUT2D eigenvalue weighted by Crippen LogP contribution is 2.05. The van der Waals surface area contributed by atoms with E-state index < -0.39 is 0 Å². The third kappa shape index (κ3) is 6.62. The maximum atomic E-state index is 8.69. The lowest BCUT2D eigenvalue weighted by Gasteiger charge is -2.20. The summed E-state index contributed by atoms with van der Waals surface area (Å²) in [5, 5.41) is 12.1. The lowest BCUT2D eigenvalue weighted by atomic mass is 10.0. The third-order valence-corrected chi connectivity index (χ3v) is 1.96. The normalized spacial score (nSPS) is 16.5. The molecular formula is C10H23NO. The summed E-state index contributed by atoms with van der Waals surface area (Å²) in [5.74, 6) is 0.744. The lowest BCUT2D eigenvalue weighted by Crippen LogP contribution is -2.35. The molecule has 0 aliphatic rings. The van der Waals surface area contributed by atoms with Crippen LogP contribution in [0, 0.1) is 5.92 Å². The number of hydrogen-bond donors (Lipinski definition) is 2. The Morgan fingerprint density at radius 3 is 2.08 bits per heavy atom. The Morgan fingerprint density at radius 2 is 1.67 bits per heavy atom. The molecule has 0 aromatic carbocycles. The van der Waals surface area contributed by atoms with Crippen molar-refractivity contribution in [3.05, 3.63) is 0 Å². The Labute approximate surface area is 76.4 Å². The lowest BCUT2D eigenvalue weighted by molar-refractivity contribution is 0.261. The molecular weight excluding hydrogens is 150 g/mol. The van der Waals surface area contributed by atoms with Crippen molar-refractivity contribution in [2.24, 2.45) is 5.92 Å². The molecule has 0 saturated carbocycles. The molecule has 2 atom stereocenters. The topological polar surface area (TPSA) is 32.3 Å². The second kappa shape index (κ2) is 6.44. The molecule has 2 nitrogen and oxygen atoms in total. The van der Waals surface area contributed by atoms with Crippen molar-refractivity contribution in [2.45, 2.75) is 52.6 Å². The molecule has 0 heterocycles. The van der Waals surface area contributed by atoms with Crippen LogP contribution in [0.1, 0.15) is 40.5 Å². The first kappa shape index (κ1) is 11.9. The molecule has 0 aromatic heterocycles. The zero-order valence-corrected chi connectivity index (χ0v) is 8.80. The van der Waals surface area contributed by atoms with E-state index in [0.29, 0.717) is 12.1 Å².